The fourth-order valence-corrected chi connectivity index (χ4v) is 1.56. The van der Waals surface area contributed by atoms with Crippen LogP contribution in [0.2, 0.25) is 0 Å². The lowest BCUT2D eigenvalue weighted by atomic mass is 10.1. The van der Waals surface area contributed by atoms with Crippen molar-refractivity contribution in [1.29, 1.82) is 0 Å². The molecule has 1 atom stereocenters. The third kappa shape index (κ3) is 9.95. The molecule has 0 spiro atoms. The molecule has 0 aliphatic heterocycles. The normalized spacial score (nSPS) is 13.9. The van der Waals surface area contributed by atoms with E-state index >= 15 is 0 Å². The summed E-state index contributed by atoms with van der Waals surface area (Å²) in [6.07, 6.45) is -4.94. The summed E-state index contributed by atoms with van der Waals surface area (Å²) in [4.78, 5) is 11.0. The van der Waals surface area contributed by atoms with Crippen LogP contribution in [0.1, 0.15) is 33.1 Å². The molecule has 0 fully saturated rings. The van der Waals surface area contributed by atoms with E-state index in [4.69, 9.17) is 0 Å². The molecule has 0 aliphatic rings. The predicted octanol–water partition coefficient (Wildman–Crippen LogP) is 2.58. The highest BCUT2D eigenvalue weighted by atomic mass is 32.2. The molecule has 16 heavy (non-hydrogen) atoms. The van der Waals surface area contributed by atoms with Gasteiger partial charge in [-0.2, -0.15) is 13.2 Å². The quantitative estimate of drug-likeness (QED) is 0.737. The summed E-state index contributed by atoms with van der Waals surface area (Å²) in [6.45, 7) is 3.79. The third-order valence-corrected chi connectivity index (χ3v) is 2.57. The molecule has 3 nitrogen and oxygen atoms in total. The average molecular weight is 260 g/mol. The second kappa shape index (κ2) is 6.88. The maximum atomic E-state index is 11.7. The molecule has 96 valence electrons. The summed E-state index contributed by atoms with van der Waals surface area (Å²) < 4.78 is 50.4. The Kier molecular flexibility index (Phi) is 6.62. The Labute approximate surface area is 95.0 Å². The van der Waals surface area contributed by atoms with Gasteiger partial charge in [0, 0.05) is 6.42 Å². The van der Waals surface area contributed by atoms with Crippen LogP contribution in [0.15, 0.2) is 0 Å². The minimum Gasteiger partial charge on any atom is -0.364 e. The van der Waals surface area contributed by atoms with E-state index in [1.54, 1.807) is 0 Å². The van der Waals surface area contributed by atoms with Gasteiger partial charge in [0.05, 0.1) is 12.2 Å². The summed E-state index contributed by atoms with van der Waals surface area (Å²) in [5.74, 6) is -1.12. The van der Waals surface area contributed by atoms with E-state index in [0.29, 0.717) is 6.42 Å². The summed E-state index contributed by atoms with van der Waals surface area (Å²) in [6, 6.07) is 0. The molecule has 0 bridgehead atoms. The number of hydrogen-bond donors (Lipinski definition) is 0. The molecule has 0 saturated heterocycles. The summed E-state index contributed by atoms with van der Waals surface area (Å²) in [7, 11) is 0. The molecule has 7 heteroatoms. The van der Waals surface area contributed by atoms with Crippen LogP contribution in [0.3, 0.4) is 0 Å². The minimum atomic E-state index is -4.37. The Morgan fingerprint density at radius 3 is 2.38 bits per heavy atom. The van der Waals surface area contributed by atoms with Crippen molar-refractivity contribution in [1.82, 2.24) is 0 Å². The van der Waals surface area contributed by atoms with E-state index in [-0.39, 0.29) is 12.3 Å². The van der Waals surface area contributed by atoms with Gasteiger partial charge in [-0.25, -0.2) is 4.21 Å². The molecule has 0 amide bonds. The Balaban J connectivity index is 3.75. The zero-order valence-electron chi connectivity index (χ0n) is 9.17. The molecule has 0 N–H and O–H groups in total. The summed E-state index contributed by atoms with van der Waals surface area (Å²) >= 11 is -2.18. The van der Waals surface area contributed by atoms with E-state index < -0.39 is 35.4 Å². The SMILES string of the molecule is CC(C)CCC(=O)OS(=O)CCC(F)(F)F. The van der Waals surface area contributed by atoms with Crippen LogP contribution < -0.4 is 0 Å². The van der Waals surface area contributed by atoms with E-state index in [2.05, 4.69) is 4.18 Å². The molecule has 0 rings (SSSR count). The number of carbonyl (C=O) groups is 1. The van der Waals surface area contributed by atoms with E-state index in [9.17, 15) is 22.2 Å². The Bertz CT molecular complexity index is 251. The fraction of sp³-hybridized carbons (Fsp3) is 0.889. The van der Waals surface area contributed by atoms with Crippen molar-refractivity contribution in [2.75, 3.05) is 5.75 Å². The van der Waals surface area contributed by atoms with Crippen LogP contribution in [0.25, 0.3) is 0 Å². The highest BCUT2D eigenvalue weighted by molar-refractivity contribution is 7.80. The van der Waals surface area contributed by atoms with Gasteiger partial charge in [0.25, 0.3) is 0 Å². The van der Waals surface area contributed by atoms with Crippen LogP contribution in [0.4, 0.5) is 13.2 Å². The van der Waals surface area contributed by atoms with Gasteiger partial charge in [0.15, 0.2) is 0 Å². The maximum absolute atomic E-state index is 11.7. The number of halogens is 3. The summed E-state index contributed by atoms with van der Waals surface area (Å²) in [5.41, 5.74) is 0. The number of rotatable bonds is 6. The van der Waals surface area contributed by atoms with Gasteiger partial charge in [0.1, 0.15) is 0 Å². The molecule has 0 aromatic heterocycles. The summed E-state index contributed by atoms with van der Waals surface area (Å²) in [5, 5.41) is 0. The molecule has 0 heterocycles. The fourth-order valence-electron chi connectivity index (χ4n) is 0.793. The third-order valence-electron chi connectivity index (χ3n) is 1.66. The van der Waals surface area contributed by atoms with Crippen molar-refractivity contribution in [3.8, 4) is 0 Å². The lowest BCUT2D eigenvalue weighted by molar-refractivity contribution is -0.135. The number of hydrogen-bond acceptors (Lipinski definition) is 3. The predicted molar refractivity (Wildman–Crippen MR) is 53.8 cm³/mol. The van der Waals surface area contributed by atoms with Crippen molar-refractivity contribution >= 4 is 17.0 Å². The molecule has 1 unspecified atom stereocenters. The second-order valence-electron chi connectivity index (χ2n) is 3.76. The second-order valence-corrected chi connectivity index (χ2v) is 4.94. The van der Waals surface area contributed by atoms with Crippen molar-refractivity contribution < 1.29 is 26.4 Å². The van der Waals surface area contributed by atoms with Crippen molar-refractivity contribution in [3.05, 3.63) is 0 Å². The van der Waals surface area contributed by atoms with Crippen molar-refractivity contribution in [2.45, 2.75) is 39.3 Å². The minimum absolute atomic E-state index is 0.0788. The Morgan fingerprint density at radius 1 is 1.38 bits per heavy atom. The van der Waals surface area contributed by atoms with Crippen molar-refractivity contribution in [3.63, 3.8) is 0 Å². The van der Waals surface area contributed by atoms with Crippen LogP contribution in [0.5, 0.6) is 0 Å². The van der Waals surface area contributed by atoms with Crippen LogP contribution in [-0.4, -0.2) is 22.1 Å². The molecule has 0 saturated carbocycles. The first-order valence-electron chi connectivity index (χ1n) is 4.87. The highest BCUT2D eigenvalue weighted by Gasteiger charge is 2.28. The highest BCUT2D eigenvalue weighted by Crippen LogP contribution is 2.19. The lowest BCUT2D eigenvalue weighted by Crippen LogP contribution is -2.16. The maximum Gasteiger partial charge on any atom is 0.390 e. The molecule has 0 radical (unpaired) electrons. The van der Waals surface area contributed by atoms with Gasteiger partial charge in [-0.15, -0.1) is 0 Å². The number of carbonyl (C=O) groups excluding carboxylic acids is 1. The van der Waals surface area contributed by atoms with Crippen LogP contribution in [0, 0.1) is 5.92 Å². The van der Waals surface area contributed by atoms with E-state index in [1.807, 2.05) is 13.8 Å². The number of alkyl halides is 3. The first kappa shape index (κ1) is 15.4. The first-order chi connectivity index (χ1) is 7.20. The Morgan fingerprint density at radius 2 is 1.94 bits per heavy atom. The first-order valence-corrected chi connectivity index (χ1v) is 6.11. The van der Waals surface area contributed by atoms with E-state index in [1.165, 1.54) is 0 Å². The topological polar surface area (TPSA) is 43.4 Å². The van der Waals surface area contributed by atoms with E-state index in [0.717, 1.165) is 0 Å². The molecule has 0 aliphatic carbocycles. The van der Waals surface area contributed by atoms with Crippen molar-refractivity contribution in [2.24, 2.45) is 5.92 Å². The van der Waals surface area contributed by atoms with Crippen LogP contribution >= 0.6 is 0 Å². The smallest absolute Gasteiger partial charge is 0.364 e. The monoisotopic (exact) mass is 260 g/mol. The molecular formula is C9H15F3O3S. The van der Waals surface area contributed by atoms with Gasteiger partial charge < -0.3 is 4.18 Å². The zero-order chi connectivity index (χ0) is 12.8. The van der Waals surface area contributed by atoms with Gasteiger partial charge in [-0.05, 0) is 12.3 Å². The Hall–Kier alpha value is -0.590. The zero-order valence-corrected chi connectivity index (χ0v) is 9.99. The van der Waals surface area contributed by atoms with Gasteiger partial charge >= 0.3 is 12.1 Å². The molecular weight excluding hydrogens is 245 g/mol. The molecule has 0 aromatic rings. The largest absolute Gasteiger partial charge is 0.390 e. The van der Waals surface area contributed by atoms with Gasteiger partial charge in [0.2, 0.25) is 11.1 Å². The van der Waals surface area contributed by atoms with Gasteiger partial charge in [-0.3, -0.25) is 4.79 Å². The molecule has 0 aromatic carbocycles. The average Bonchev–Trinajstić information content (AvgIpc) is 2.10. The van der Waals surface area contributed by atoms with Crippen LogP contribution in [-0.2, 0) is 20.1 Å². The standard InChI is InChI=1S/C9H15F3O3S/c1-7(2)3-4-8(13)15-16(14)6-5-9(10,11)12/h7H,3-6H2,1-2H3. The van der Waals surface area contributed by atoms with Gasteiger partial charge in [-0.1, -0.05) is 13.8 Å². The lowest BCUT2D eigenvalue weighted by Gasteiger charge is -2.07.